The van der Waals surface area contributed by atoms with Crippen molar-refractivity contribution in [2.24, 2.45) is 0 Å². The lowest BCUT2D eigenvalue weighted by Crippen LogP contribution is -1.95. The van der Waals surface area contributed by atoms with Crippen LogP contribution in [0.15, 0.2) is 66.7 Å². The van der Waals surface area contributed by atoms with Crippen molar-refractivity contribution >= 4 is 22.7 Å². The number of aromatic nitrogens is 2. The molecule has 142 valence electrons. The molecule has 0 saturated carbocycles. The molecule has 5 heteroatoms. The van der Waals surface area contributed by atoms with Gasteiger partial charge in [-0.1, -0.05) is 30.3 Å². The molecule has 0 atom stereocenters. The Balaban J connectivity index is 1.51. The number of imidazole rings is 1. The largest absolute Gasteiger partial charge is 0.489 e. The van der Waals surface area contributed by atoms with Crippen molar-refractivity contribution < 1.29 is 9.13 Å². The Morgan fingerprint density at radius 3 is 2.72 bits per heavy atom. The third-order valence-corrected chi connectivity index (χ3v) is 4.50. The lowest BCUT2D eigenvalue weighted by Gasteiger charge is -2.06. The molecule has 1 aromatic heterocycles. The molecule has 0 unspecified atom stereocenters. The first-order valence-corrected chi connectivity index (χ1v) is 9.16. The van der Waals surface area contributed by atoms with E-state index in [1.165, 1.54) is 12.1 Å². The van der Waals surface area contributed by atoms with E-state index in [9.17, 15) is 9.65 Å². The summed E-state index contributed by atoms with van der Waals surface area (Å²) in [6.07, 6.45) is 1.78. The van der Waals surface area contributed by atoms with Crippen LogP contribution in [-0.4, -0.2) is 9.97 Å². The van der Waals surface area contributed by atoms with Crippen molar-refractivity contribution in [1.29, 1.82) is 5.26 Å². The molecule has 0 spiro atoms. The lowest BCUT2D eigenvalue weighted by atomic mass is 10.1. The van der Waals surface area contributed by atoms with E-state index in [0.717, 1.165) is 27.7 Å². The Morgan fingerprint density at radius 2 is 1.97 bits per heavy atom. The number of aryl methyl sites for hydroxylation is 1. The quantitative estimate of drug-likeness (QED) is 0.453. The van der Waals surface area contributed by atoms with E-state index in [0.29, 0.717) is 17.1 Å². The molecule has 3 aromatic carbocycles. The predicted molar refractivity (Wildman–Crippen MR) is 111 cm³/mol. The molecule has 0 radical (unpaired) electrons. The first kappa shape index (κ1) is 18.5. The van der Waals surface area contributed by atoms with Crippen LogP contribution in [-0.2, 0) is 6.61 Å². The number of nitrogens with one attached hydrogen (secondary N) is 1. The van der Waals surface area contributed by atoms with Crippen LogP contribution in [0.1, 0.15) is 22.5 Å². The first-order valence-electron chi connectivity index (χ1n) is 9.16. The van der Waals surface area contributed by atoms with Crippen LogP contribution >= 0.6 is 0 Å². The zero-order valence-electron chi connectivity index (χ0n) is 15.8. The number of hydrogen-bond donors (Lipinski definition) is 1. The molecule has 0 aliphatic heterocycles. The van der Waals surface area contributed by atoms with E-state index in [1.54, 1.807) is 12.1 Å². The smallest absolute Gasteiger partial charge is 0.149 e. The van der Waals surface area contributed by atoms with Crippen molar-refractivity contribution in [3.8, 4) is 11.8 Å². The number of ether oxygens (including phenoxy) is 1. The summed E-state index contributed by atoms with van der Waals surface area (Å²) in [6, 6.07) is 21.8. The van der Waals surface area contributed by atoms with E-state index < -0.39 is 0 Å². The molecule has 4 nitrogen and oxygen atoms in total. The second kappa shape index (κ2) is 7.99. The van der Waals surface area contributed by atoms with Crippen LogP contribution in [0.2, 0.25) is 0 Å². The minimum absolute atomic E-state index is 0.281. The summed E-state index contributed by atoms with van der Waals surface area (Å²) in [4.78, 5) is 7.71. The van der Waals surface area contributed by atoms with Crippen molar-refractivity contribution in [2.45, 2.75) is 13.5 Å². The van der Waals surface area contributed by atoms with E-state index >= 15 is 0 Å². The molecule has 0 fully saturated rings. The number of allylic oxidation sites excluding steroid dienone is 1. The summed E-state index contributed by atoms with van der Waals surface area (Å²) >= 11 is 0. The van der Waals surface area contributed by atoms with Gasteiger partial charge in [0.25, 0.3) is 0 Å². The highest BCUT2D eigenvalue weighted by Crippen LogP contribution is 2.21. The first-order chi connectivity index (χ1) is 14.1. The number of hydrogen-bond acceptors (Lipinski definition) is 3. The average molecular weight is 383 g/mol. The Labute approximate surface area is 167 Å². The third-order valence-electron chi connectivity index (χ3n) is 4.50. The van der Waals surface area contributed by atoms with Gasteiger partial charge >= 0.3 is 0 Å². The second-order valence-corrected chi connectivity index (χ2v) is 6.76. The molecule has 4 aromatic rings. The van der Waals surface area contributed by atoms with Crippen LogP contribution in [0.5, 0.6) is 5.75 Å². The van der Waals surface area contributed by atoms with Gasteiger partial charge in [-0.25, -0.2) is 9.37 Å². The van der Waals surface area contributed by atoms with E-state index in [-0.39, 0.29) is 12.4 Å². The molecular formula is C24H18FN3O. The Kier molecular flexibility index (Phi) is 5.08. The molecule has 29 heavy (non-hydrogen) atoms. The Bertz CT molecular complexity index is 1230. The van der Waals surface area contributed by atoms with Gasteiger partial charge in [0.1, 0.15) is 30.1 Å². The van der Waals surface area contributed by atoms with Crippen LogP contribution in [0, 0.1) is 24.1 Å². The van der Waals surface area contributed by atoms with Gasteiger partial charge in [0.05, 0.1) is 16.6 Å². The molecule has 0 aliphatic carbocycles. The Hall–Kier alpha value is -3.91. The van der Waals surface area contributed by atoms with E-state index in [2.05, 4.69) is 16.0 Å². The van der Waals surface area contributed by atoms with Crippen molar-refractivity contribution in [1.82, 2.24) is 9.97 Å². The fraction of sp³-hybridized carbons (Fsp3) is 0.0833. The topological polar surface area (TPSA) is 61.7 Å². The van der Waals surface area contributed by atoms with Crippen molar-refractivity contribution in [3.63, 3.8) is 0 Å². The van der Waals surface area contributed by atoms with Crippen molar-refractivity contribution in [3.05, 3.63) is 95.1 Å². The zero-order chi connectivity index (χ0) is 20.2. The van der Waals surface area contributed by atoms with Gasteiger partial charge in [0.15, 0.2) is 0 Å². The van der Waals surface area contributed by atoms with Crippen LogP contribution in [0.4, 0.5) is 4.39 Å². The molecule has 0 amide bonds. The summed E-state index contributed by atoms with van der Waals surface area (Å²) in [5.74, 6) is 0.931. The van der Waals surface area contributed by atoms with Gasteiger partial charge in [-0.15, -0.1) is 0 Å². The van der Waals surface area contributed by atoms with Gasteiger partial charge in [0.2, 0.25) is 0 Å². The number of nitrogens with zero attached hydrogens (tertiary/aromatic N) is 2. The second-order valence-electron chi connectivity index (χ2n) is 6.76. The highest BCUT2D eigenvalue weighted by molar-refractivity contribution is 5.90. The van der Waals surface area contributed by atoms with Crippen LogP contribution in [0.25, 0.3) is 22.7 Å². The molecule has 0 bridgehead atoms. The summed E-state index contributed by atoms with van der Waals surface area (Å²) in [6.45, 7) is 2.30. The van der Waals surface area contributed by atoms with Gasteiger partial charge in [-0.3, -0.25) is 0 Å². The normalized spacial score (nSPS) is 11.4. The average Bonchev–Trinajstić information content (AvgIpc) is 3.14. The maximum absolute atomic E-state index is 13.2. The summed E-state index contributed by atoms with van der Waals surface area (Å²) in [5.41, 5.74) is 4.93. The van der Waals surface area contributed by atoms with Gasteiger partial charge in [0, 0.05) is 0 Å². The zero-order valence-corrected chi connectivity index (χ0v) is 15.8. The number of aromatic amines is 1. The maximum Gasteiger partial charge on any atom is 0.149 e. The molecule has 1 heterocycles. The van der Waals surface area contributed by atoms with Gasteiger partial charge < -0.3 is 9.72 Å². The minimum atomic E-state index is -0.281. The molecular weight excluding hydrogens is 365 g/mol. The number of nitriles is 1. The highest BCUT2D eigenvalue weighted by atomic mass is 19.1. The van der Waals surface area contributed by atoms with E-state index in [1.807, 2.05) is 55.5 Å². The summed E-state index contributed by atoms with van der Waals surface area (Å²) in [7, 11) is 0. The number of benzene rings is 3. The van der Waals surface area contributed by atoms with Gasteiger partial charge in [-0.05, 0) is 66.1 Å². The minimum Gasteiger partial charge on any atom is -0.489 e. The Morgan fingerprint density at radius 1 is 1.14 bits per heavy atom. The maximum atomic E-state index is 13.2. The fourth-order valence-corrected chi connectivity index (χ4v) is 3.02. The third kappa shape index (κ3) is 4.33. The summed E-state index contributed by atoms with van der Waals surface area (Å²) in [5, 5.41) is 9.57. The SMILES string of the molecule is Cc1ccc2nc(C(C#N)=Cc3ccc(OCc4cccc(F)c4)cc3)[nH]c2c1. The number of H-pyrrole nitrogens is 1. The molecule has 1 N–H and O–H groups in total. The van der Waals surface area contributed by atoms with Crippen molar-refractivity contribution in [2.75, 3.05) is 0 Å². The molecule has 0 aliphatic rings. The van der Waals surface area contributed by atoms with Crippen LogP contribution < -0.4 is 4.74 Å². The van der Waals surface area contributed by atoms with Crippen LogP contribution in [0.3, 0.4) is 0 Å². The fourth-order valence-electron chi connectivity index (χ4n) is 3.02. The number of fused-ring (bicyclic) bond motifs is 1. The molecule has 4 rings (SSSR count). The standard InChI is InChI=1S/C24H18FN3O/c1-16-5-10-22-23(11-16)28-24(27-22)19(14-26)12-17-6-8-21(9-7-17)29-15-18-3-2-4-20(25)13-18/h2-13H,15H2,1H3,(H,27,28). The predicted octanol–water partition coefficient (Wildman–Crippen LogP) is 5.65. The monoisotopic (exact) mass is 383 g/mol. The molecule has 0 saturated heterocycles. The van der Waals surface area contributed by atoms with E-state index in [4.69, 9.17) is 4.74 Å². The summed E-state index contributed by atoms with van der Waals surface area (Å²) < 4.78 is 18.9. The number of halogens is 1. The number of rotatable bonds is 5. The highest BCUT2D eigenvalue weighted by Gasteiger charge is 2.08. The van der Waals surface area contributed by atoms with Gasteiger partial charge in [-0.2, -0.15) is 5.26 Å². The lowest BCUT2D eigenvalue weighted by molar-refractivity contribution is 0.305.